The van der Waals surface area contributed by atoms with E-state index in [1.807, 2.05) is 48.5 Å². The van der Waals surface area contributed by atoms with E-state index in [-0.39, 0.29) is 11.8 Å². The van der Waals surface area contributed by atoms with Crippen LogP contribution in [0.2, 0.25) is 0 Å². The minimum Gasteiger partial charge on any atom is -0.378 e. The van der Waals surface area contributed by atoms with Crippen LogP contribution in [0.4, 0.5) is 11.4 Å². The Hall–Kier alpha value is -4.38. The number of para-hydroxylation sites is 1. The maximum atomic E-state index is 13.5. The first-order chi connectivity index (χ1) is 19.7. The Balaban J connectivity index is 1.13. The number of anilines is 2. The van der Waals surface area contributed by atoms with Crippen molar-refractivity contribution >= 4 is 23.2 Å². The monoisotopic (exact) mass is 527 g/mol. The molecule has 0 spiro atoms. The summed E-state index contributed by atoms with van der Waals surface area (Å²) in [4.78, 5) is 26.6. The molecule has 4 aromatic carbocycles. The van der Waals surface area contributed by atoms with Crippen LogP contribution in [-0.4, -0.2) is 11.8 Å². The molecule has 3 aliphatic rings. The summed E-state index contributed by atoms with van der Waals surface area (Å²) in [6.07, 6.45) is 3.85. The van der Waals surface area contributed by atoms with Gasteiger partial charge in [-0.15, -0.1) is 0 Å². The Labute approximate surface area is 235 Å². The van der Waals surface area contributed by atoms with E-state index in [0.29, 0.717) is 47.2 Å². The van der Waals surface area contributed by atoms with E-state index in [1.54, 1.807) is 12.1 Å². The van der Waals surface area contributed by atoms with E-state index in [9.17, 15) is 9.59 Å². The van der Waals surface area contributed by atoms with Crippen LogP contribution < -0.4 is 16.0 Å². The largest absolute Gasteiger partial charge is 0.378 e. The number of hydrogen-bond acceptors (Lipinski definition) is 3. The van der Waals surface area contributed by atoms with Gasteiger partial charge in [0.25, 0.3) is 11.8 Å². The molecule has 4 aromatic rings. The lowest BCUT2D eigenvalue weighted by molar-refractivity contribution is 0.0952. The van der Waals surface area contributed by atoms with E-state index in [4.69, 9.17) is 0 Å². The summed E-state index contributed by atoms with van der Waals surface area (Å²) in [5, 5.41) is 9.84. The zero-order chi connectivity index (χ0) is 27.1. The van der Waals surface area contributed by atoms with Gasteiger partial charge in [-0.3, -0.25) is 9.59 Å². The lowest BCUT2D eigenvalue weighted by Crippen LogP contribution is -2.35. The molecule has 1 heterocycles. The van der Waals surface area contributed by atoms with Crippen molar-refractivity contribution in [3.8, 4) is 0 Å². The van der Waals surface area contributed by atoms with Crippen molar-refractivity contribution in [2.45, 2.75) is 37.8 Å². The van der Waals surface area contributed by atoms with E-state index in [2.05, 4.69) is 58.4 Å². The third-order valence-electron chi connectivity index (χ3n) is 9.22. The molecule has 5 atom stereocenters. The van der Waals surface area contributed by atoms with Gasteiger partial charge in [0.2, 0.25) is 0 Å². The SMILES string of the molecule is O=C(Nc1ccccc1C(=O)NCc1ccccc1)c1ccc2c(c1)[C@@H]1[C@H]3CC[C@@H](C3)[C@@H]1[C@H](c1ccccc1)N2. The average molecular weight is 528 g/mol. The van der Waals surface area contributed by atoms with Gasteiger partial charge >= 0.3 is 0 Å². The number of fused-ring (bicyclic) bond motifs is 7. The molecule has 2 amide bonds. The first-order valence-electron chi connectivity index (χ1n) is 14.3. The van der Waals surface area contributed by atoms with Crippen LogP contribution in [-0.2, 0) is 6.54 Å². The summed E-state index contributed by atoms with van der Waals surface area (Å²) < 4.78 is 0. The van der Waals surface area contributed by atoms with Crippen LogP contribution in [0.5, 0.6) is 0 Å². The molecule has 7 rings (SSSR count). The highest BCUT2D eigenvalue weighted by Crippen LogP contribution is 2.63. The van der Waals surface area contributed by atoms with Crippen molar-refractivity contribution in [1.29, 1.82) is 0 Å². The van der Waals surface area contributed by atoms with Crippen LogP contribution in [0.25, 0.3) is 0 Å². The van der Waals surface area contributed by atoms with E-state index >= 15 is 0 Å². The Bertz CT molecular complexity index is 1550. The van der Waals surface area contributed by atoms with Gasteiger partial charge in [-0.1, -0.05) is 72.8 Å². The maximum Gasteiger partial charge on any atom is 0.255 e. The molecule has 1 aliphatic heterocycles. The van der Waals surface area contributed by atoms with Crippen molar-refractivity contribution in [3.63, 3.8) is 0 Å². The normalized spacial score (nSPS) is 23.9. The molecule has 2 aliphatic carbocycles. The molecule has 40 heavy (non-hydrogen) atoms. The molecule has 5 heteroatoms. The van der Waals surface area contributed by atoms with E-state index in [1.165, 1.54) is 30.4 Å². The van der Waals surface area contributed by atoms with Crippen LogP contribution in [0.15, 0.2) is 103 Å². The first kappa shape index (κ1) is 24.6. The van der Waals surface area contributed by atoms with Crippen molar-refractivity contribution in [2.24, 2.45) is 17.8 Å². The molecule has 0 saturated heterocycles. The van der Waals surface area contributed by atoms with Gasteiger partial charge < -0.3 is 16.0 Å². The molecular formula is C35H33N3O2. The second-order valence-corrected chi connectivity index (χ2v) is 11.4. The highest BCUT2D eigenvalue weighted by atomic mass is 16.2. The predicted molar refractivity (Wildman–Crippen MR) is 158 cm³/mol. The summed E-state index contributed by atoms with van der Waals surface area (Å²) in [7, 11) is 0. The number of hydrogen-bond donors (Lipinski definition) is 3. The van der Waals surface area contributed by atoms with Crippen LogP contribution in [0.3, 0.4) is 0 Å². The smallest absolute Gasteiger partial charge is 0.255 e. The fourth-order valence-corrected chi connectivity index (χ4v) is 7.48. The number of benzene rings is 4. The molecule has 3 N–H and O–H groups in total. The van der Waals surface area contributed by atoms with Gasteiger partial charge in [-0.25, -0.2) is 0 Å². The quantitative estimate of drug-likeness (QED) is 0.249. The summed E-state index contributed by atoms with van der Waals surface area (Å²) in [5.74, 6) is 1.99. The topological polar surface area (TPSA) is 70.2 Å². The van der Waals surface area contributed by atoms with Crippen LogP contribution >= 0.6 is 0 Å². The number of carbonyl (C=O) groups excluding carboxylic acids is 2. The van der Waals surface area contributed by atoms with Gasteiger partial charge in [0, 0.05) is 17.8 Å². The standard InChI is InChI=1S/C35H33N3O2/c39-34(38-29-14-8-7-13-27(29)35(40)36-21-22-9-3-1-4-10-22)26-17-18-30-28(20-26)31-24-15-16-25(19-24)32(31)33(37-30)23-11-5-2-6-12-23/h1-14,17-18,20,24-25,31-33,37H,15-16,19,21H2,(H,36,40)(H,38,39)/t24-,25-,31-,32-,33-/m0/s1. The molecule has 5 nitrogen and oxygen atoms in total. The average Bonchev–Trinajstić information content (AvgIpc) is 3.64. The Morgan fingerprint density at radius 1 is 0.775 bits per heavy atom. The van der Waals surface area contributed by atoms with Crippen molar-refractivity contribution in [1.82, 2.24) is 5.32 Å². The van der Waals surface area contributed by atoms with Crippen LogP contribution in [0, 0.1) is 17.8 Å². The summed E-state index contributed by atoms with van der Waals surface area (Å²) in [5.41, 5.74) is 6.36. The van der Waals surface area contributed by atoms with E-state index in [0.717, 1.165) is 17.2 Å². The molecule has 2 fully saturated rings. The molecule has 200 valence electrons. The van der Waals surface area contributed by atoms with Crippen molar-refractivity contribution in [2.75, 3.05) is 10.6 Å². The lowest BCUT2D eigenvalue weighted by Gasteiger charge is -2.43. The van der Waals surface area contributed by atoms with Gasteiger partial charge in [-0.2, -0.15) is 0 Å². The first-order valence-corrected chi connectivity index (χ1v) is 14.3. The lowest BCUT2D eigenvalue weighted by atomic mass is 9.68. The van der Waals surface area contributed by atoms with Gasteiger partial charge in [0.05, 0.1) is 17.3 Å². The van der Waals surface area contributed by atoms with Gasteiger partial charge in [-0.05, 0) is 90.0 Å². The van der Waals surface area contributed by atoms with Crippen molar-refractivity contribution < 1.29 is 9.59 Å². The molecule has 2 saturated carbocycles. The van der Waals surface area contributed by atoms with Gasteiger partial charge in [0.1, 0.15) is 0 Å². The number of amides is 2. The maximum absolute atomic E-state index is 13.5. The minimum absolute atomic E-state index is 0.198. The highest BCUT2D eigenvalue weighted by Gasteiger charge is 2.53. The Kier molecular flexibility index (Phi) is 6.35. The Morgan fingerprint density at radius 2 is 1.50 bits per heavy atom. The second-order valence-electron chi connectivity index (χ2n) is 11.4. The Morgan fingerprint density at radius 3 is 2.33 bits per heavy atom. The third kappa shape index (κ3) is 4.45. The summed E-state index contributed by atoms with van der Waals surface area (Å²) in [6, 6.07) is 34.1. The van der Waals surface area contributed by atoms with Crippen molar-refractivity contribution in [3.05, 3.63) is 131 Å². The minimum atomic E-state index is -0.217. The second kappa shape index (κ2) is 10.3. The summed E-state index contributed by atoms with van der Waals surface area (Å²) in [6.45, 7) is 0.425. The zero-order valence-corrected chi connectivity index (χ0v) is 22.3. The third-order valence-corrected chi connectivity index (χ3v) is 9.22. The predicted octanol–water partition coefficient (Wildman–Crippen LogP) is 7.17. The summed E-state index contributed by atoms with van der Waals surface area (Å²) >= 11 is 0. The molecule has 0 aromatic heterocycles. The fourth-order valence-electron chi connectivity index (χ4n) is 7.48. The molecule has 0 unspecified atom stereocenters. The van der Waals surface area contributed by atoms with Crippen LogP contribution in [0.1, 0.15) is 68.6 Å². The molecule has 2 bridgehead atoms. The zero-order valence-electron chi connectivity index (χ0n) is 22.3. The highest BCUT2D eigenvalue weighted by molar-refractivity contribution is 6.09. The van der Waals surface area contributed by atoms with E-state index < -0.39 is 0 Å². The number of rotatable bonds is 6. The molecular weight excluding hydrogens is 494 g/mol. The number of carbonyl (C=O) groups is 2. The fraction of sp³-hybridized carbons (Fsp3) is 0.257. The number of nitrogens with one attached hydrogen (secondary N) is 3. The van der Waals surface area contributed by atoms with Gasteiger partial charge in [0.15, 0.2) is 0 Å². The molecule has 0 radical (unpaired) electrons.